The monoisotopic (exact) mass is 448 g/mol. The van der Waals surface area contributed by atoms with E-state index in [0.717, 1.165) is 0 Å². The molecule has 0 aromatic carbocycles. The lowest BCUT2D eigenvalue weighted by atomic mass is 10.0. The fourth-order valence-electron chi connectivity index (χ4n) is 5.28. The predicted octanol–water partition coefficient (Wildman–Crippen LogP) is 9.90. The average molecular weight is 449 g/mol. The van der Waals surface area contributed by atoms with E-state index in [0.29, 0.717) is 12.1 Å². The Morgan fingerprint density at radius 2 is 0.750 bits per heavy atom. The van der Waals surface area contributed by atoms with E-state index >= 15 is 0 Å². The Balaban J connectivity index is 2.00. The molecular weight excluding hydrogens is 388 g/mol. The van der Waals surface area contributed by atoms with Crippen LogP contribution in [0.25, 0.3) is 0 Å². The summed E-state index contributed by atoms with van der Waals surface area (Å²) in [5.74, 6) is 0.691. The topological polar surface area (TPSA) is 6.48 Å². The van der Waals surface area contributed by atoms with Gasteiger partial charge in [-0.05, 0) is 18.8 Å². The standard InChI is InChI=1S/C30H60N2/c1-5-7-9-11-13-14-15-16-17-18-19-20-22-24-26-32-28-27-31(30(32)29(3)4)25-23-21-12-10-8-6-2/h27-30H,5-26H2,1-4H3. The lowest BCUT2D eigenvalue weighted by Gasteiger charge is -2.36. The van der Waals surface area contributed by atoms with Gasteiger partial charge in [0.1, 0.15) is 6.17 Å². The fourth-order valence-corrected chi connectivity index (χ4v) is 5.28. The maximum absolute atomic E-state index is 2.63. The number of rotatable bonds is 23. The molecule has 0 aromatic heterocycles. The minimum absolute atomic E-state index is 0.590. The zero-order valence-corrected chi connectivity index (χ0v) is 22.8. The highest BCUT2D eigenvalue weighted by Gasteiger charge is 2.28. The van der Waals surface area contributed by atoms with Crippen LogP contribution in [0.15, 0.2) is 12.4 Å². The van der Waals surface area contributed by atoms with Crippen molar-refractivity contribution in [3.63, 3.8) is 0 Å². The molecule has 0 saturated carbocycles. The molecule has 0 amide bonds. The summed E-state index contributed by atoms with van der Waals surface area (Å²) < 4.78 is 0. The Bertz CT molecular complexity index is 417. The van der Waals surface area contributed by atoms with Crippen molar-refractivity contribution >= 4 is 0 Å². The van der Waals surface area contributed by atoms with Gasteiger partial charge in [-0.15, -0.1) is 0 Å². The average Bonchev–Trinajstić information content (AvgIpc) is 3.19. The lowest BCUT2D eigenvalue weighted by Crippen LogP contribution is -2.43. The summed E-state index contributed by atoms with van der Waals surface area (Å²) in [6, 6.07) is 0. The van der Waals surface area contributed by atoms with Gasteiger partial charge >= 0.3 is 0 Å². The first-order valence-electron chi connectivity index (χ1n) is 14.9. The molecule has 1 unspecified atom stereocenters. The van der Waals surface area contributed by atoms with Gasteiger partial charge in [-0.2, -0.15) is 0 Å². The van der Waals surface area contributed by atoms with Crippen molar-refractivity contribution in [3.05, 3.63) is 12.4 Å². The van der Waals surface area contributed by atoms with E-state index in [9.17, 15) is 0 Å². The highest BCUT2D eigenvalue weighted by atomic mass is 15.4. The van der Waals surface area contributed by atoms with Gasteiger partial charge in [0.2, 0.25) is 0 Å². The summed E-state index contributed by atoms with van der Waals surface area (Å²) in [6.45, 7) is 11.9. The molecule has 2 heteroatoms. The molecule has 0 radical (unpaired) electrons. The molecule has 190 valence electrons. The van der Waals surface area contributed by atoms with Crippen molar-refractivity contribution in [1.82, 2.24) is 9.80 Å². The Labute approximate surface area is 203 Å². The molecule has 1 aliphatic rings. The van der Waals surface area contributed by atoms with Crippen LogP contribution in [0.5, 0.6) is 0 Å². The van der Waals surface area contributed by atoms with E-state index in [4.69, 9.17) is 0 Å². The van der Waals surface area contributed by atoms with E-state index in [1.54, 1.807) is 0 Å². The molecule has 1 rings (SSSR count). The minimum Gasteiger partial charge on any atom is -0.356 e. The van der Waals surface area contributed by atoms with E-state index in [1.165, 1.54) is 142 Å². The van der Waals surface area contributed by atoms with Gasteiger partial charge in [0.15, 0.2) is 0 Å². The normalized spacial score (nSPS) is 16.1. The molecule has 0 spiro atoms. The second-order valence-electron chi connectivity index (χ2n) is 10.8. The van der Waals surface area contributed by atoms with Crippen LogP contribution >= 0.6 is 0 Å². The molecule has 0 fully saturated rings. The van der Waals surface area contributed by atoms with Crippen LogP contribution in [0.2, 0.25) is 0 Å². The highest BCUT2D eigenvalue weighted by Crippen LogP contribution is 2.24. The van der Waals surface area contributed by atoms with Gasteiger partial charge < -0.3 is 9.80 Å². The van der Waals surface area contributed by atoms with Crippen LogP contribution in [0.3, 0.4) is 0 Å². The molecule has 0 aliphatic carbocycles. The zero-order chi connectivity index (χ0) is 23.3. The van der Waals surface area contributed by atoms with Crippen LogP contribution in [0.1, 0.15) is 156 Å². The quantitative estimate of drug-likeness (QED) is 0.143. The molecule has 0 bridgehead atoms. The van der Waals surface area contributed by atoms with E-state index < -0.39 is 0 Å². The number of nitrogens with zero attached hydrogens (tertiary/aromatic N) is 2. The van der Waals surface area contributed by atoms with Gasteiger partial charge in [-0.3, -0.25) is 0 Å². The van der Waals surface area contributed by atoms with Crippen molar-refractivity contribution < 1.29 is 0 Å². The lowest BCUT2D eigenvalue weighted by molar-refractivity contribution is 0.104. The Morgan fingerprint density at radius 1 is 0.469 bits per heavy atom. The molecule has 1 heterocycles. The van der Waals surface area contributed by atoms with Gasteiger partial charge in [0.05, 0.1) is 0 Å². The summed E-state index contributed by atoms with van der Waals surface area (Å²) in [5, 5.41) is 0. The highest BCUT2D eigenvalue weighted by molar-refractivity contribution is 4.98. The van der Waals surface area contributed by atoms with Crippen LogP contribution in [-0.4, -0.2) is 29.1 Å². The zero-order valence-electron chi connectivity index (χ0n) is 22.8. The van der Waals surface area contributed by atoms with Crippen molar-refractivity contribution in [1.29, 1.82) is 0 Å². The summed E-state index contributed by atoms with van der Waals surface area (Å²) in [6.07, 6.45) is 33.9. The maximum atomic E-state index is 2.63. The van der Waals surface area contributed by atoms with Crippen LogP contribution in [0.4, 0.5) is 0 Å². The molecule has 0 saturated heterocycles. The predicted molar refractivity (Wildman–Crippen MR) is 145 cm³/mol. The fraction of sp³-hybridized carbons (Fsp3) is 0.933. The molecular formula is C30H60N2. The molecule has 2 nitrogen and oxygen atoms in total. The Morgan fingerprint density at radius 3 is 1.03 bits per heavy atom. The van der Waals surface area contributed by atoms with Gasteiger partial charge in [-0.1, -0.05) is 143 Å². The molecule has 1 aliphatic heterocycles. The second kappa shape index (κ2) is 20.9. The van der Waals surface area contributed by atoms with Crippen LogP contribution < -0.4 is 0 Å². The first kappa shape index (κ1) is 29.4. The van der Waals surface area contributed by atoms with Gasteiger partial charge in [0, 0.05) is 25.5 Å². The van der Waals surface area contributed by atoms with Crippen molar-refractivity contribution in [2.75, 3.05) is 13.1 Å². The Hall–Kier alpha value is -0.660. The van der Waals surface area contributed by atoms with Gasteiger partial charge in [0.25, 0.3) is 0 Å². The van der Waals surface area contributed by atoms with E-state index in [2.05, 4.69) is 49.9 Å². The SMILES string of the molecule is CCCCCCCCCCCCCCCCN1C=CN(CCCCCCCC)C1C(C)C. The molecule has 0 aromatic rings. The van der Waals surface area contributed by atoms with Gasteiger partial charge in [-0.25, -0.2) is 0 Å². The van der Waals surface area contributed by atoms with Crippen LogP contribution in [0, 0.1) is 5.92 Å². The van der Waals surface area contributed by atoms with Crippen molar-refractivity contribution in [2.24, 2.45) is 5.92 Å². The summed E-state index contributed by atoms with van der Waals surface area (Å²) in [7, 11) is 0. The molecule has 1 atom stereocenters. The van der Waals surface area contributed by atoms with Crippen LogP contribution in [-0.2, 0) is 0 Å². The number of hydrogen-bond donors (Lipinski definition) is 0. The minimum atomic E-state index is 0.590. The summed E-state index contributed by atoms with van der Waals surface area (Å²) in [5.41, 5.74) is 0. The number of hydrogen-bond acceptors (Lipinski definition) is 2. The maximum Gasteiger partial charge on any atom is 0.103 e. The molecule has 0 N–H and O–H groups in total. The largest absolute Gasteiger partial charge is 0.356 e. The second-order valence-corrected chi connectivity index (χ2v) is 10.8. The summed E-state index contributed by atoms with van der Waals surface area (Å²) >= 11 is 0. The third kappa shape index (κ3) is 14.5. The van der Waals surface area contributed by atoms with E-state index in [-0.39, 0.29) is 0 Å². The molecule has 32 heavy (non-hydrogen) atoms. The van der Waals surface area contributed by atoms with E-state index in [1.807, 2.05) is 0 Å². The first-order chi connectivity index (χ1) is 15.7. The smallest absolute Gasteiger partial charge is 0.103 e. The van der Waals surface area contributed by atoms with Crippen molar-refractivity contribution in [3.8, 4) is 0 Å². The third-order valence-corrected chi connectivity index (χ3v) is 7.27. The van der Waals surface area contributed by atoms with Crippen molar-refractivity contribution in [2.45, 2.75) is 162 Å². The third-order valence-electron chi connectivity index (χ3n) is 7.27. The summed E-state index contributed by atoms with van der Waals surface area (Å²) in [4.78, 5) is 5.25. The number of unbranched alkanes of at least 4 members (excludes halogenated alkanes) is 18. The Kier molecular flexibility index (Phi) is 19.2. The first-order valence-corrected chi connectivity index (χ1v) is 14.9.